The van der Waals surface area contributed by atoms with Crippen LogP contribution in [0, 0.1) is 0 Å². The Morgan fingerprint density at radius 1 is 1.05 bits per heavy atom. The molecule has 2 aromatic carbocycles. The number of ether oxygens (including phenoxy) is 1. The number of nitrogens with zero attached hydrogens (tertiary/aromatic N) is 2. The lowest BCUT2D eigenvalue weighted by molar-refractivity contribution is 0.0341. The Morgan fingerprint density at radius 3 is 2.61 bits per heavy atom. The van der Waals surface area contributed by atoms with Gasteiger partial charge in [-0.05, 0) is 42.5 Å². The molecule has 41 heavy (non-hydrogen) atoms. The fourth-order valence-electron chi connectivity index (χ4n) is 4.86. The van der Waals surface area contributed by atoms with Crippen molar-refractivity contribution in [1.82, 2.24) is 15.0 Å². The first-order chi connectivity index (χ1) is 19.6. The minimum absolute atomic E-state index is 0.157. The van der Waals surface area contributed by atoms with E-state index in [1.807, 2.05) is 20.8 Å². The summed E-state index contributed by atoms with van der Waals surface area (Å²) in [6.45, 7) is 9.39. The lowest BCUT2D eigenvalue weighted by Gasteiger charge is -2.27. The van der Waals surface area contributed by atoms with Crippen LogP contribution < -0.4 is 10.6 Å². The summed E-state index contributed by atoms with van der Waals surface area (Å²) in [5.41, 5.74) is 2.66. The Balaban J connectivity index is 1.19. The second-order valence-electron chi connectivity index (χ2n) is 11.2. The molecule has 1 fully saturated rings. The van der Waals surface area contributed by atoms with Crippen LogP contribution in [-0.2, 0) is 16.7 Å². The Bertz CT molecular complexity index is 1750. The number of phenols is 1. The highest BCUT2D eigenvalue weighted by atomic mass is 16.5. The zero-order valence-electron chi connectivity index (χ0n) is 23.0. The van der Waals surface area contributed by atoms with Gasteiger partial charge in [0.05, 0.1) is 18.9 Å². The van der Waals surface area contributed by atoms with E-state index >= 15 is 0 Å². The summed E-state index contributed by atoms with van der Waals surface area (Å²) in [6.07, 6.45) is 0. The molecule has 1 aliphatic heterocycles. The van der Waals surface area contributed by atoms with E-state index in [1.165, 1.54) is 0 Å². The number of phenolic OH excluding ortho intramolecular Hbond substituents is 1. The maximum atomic E-state index is 13.4. The monoisotopic (exact) mass is 557 g/mol. The molecule has 0 saturated carbocycles. The smallest absolute Gasteiger partial charge is 0.324 e. The van der Waals surface area contributed by atoms with Gasteiger partial charge in [-0.15, -0.1) is 0 Å². The molecule has 4 N–H and O–H groups in total. The Hall–Kier alpha value is -4.61. The minimum atomic E-state index is -0.480. The fraction of sp³-hybridized carbons (Fsp3) is 0.300. The number of aromatic amines is 1. The molecule has 0 aliphatic carbocycles. The zero-order chi connectivity index (χ0) is 28.7. The van der Waals surface area contributed by atoms with Gasteiger partial charge in [0, 0.05) is 58.7 Å². The molecule has 5 aromatic rings. The molecule has 1 saturated heterocycles. The van der Waals surface area contributed by atoms with Gasteiger partial charge in [-0.25, -0.2) is 4.79 Å². The third kappa shape index (κ3) is 5.54. The molecule has 4 heterocycles. The number of rotatable bonds is 6. The van der Waals surface area contributed by atoms with Crippen molar-refractivity contribution in [3.8, 4) is 5.75 Å². The van der Waals surface area contributed by atoms with Crippen molar-refractivity contribution in [2.24, 2.45) is 0 Å². The average Bonchev–Trinajstić information content (AvgIpc) is 3.68. The van der Waals surface area contributed by atoms with E-state index in [0.717, 1.165) is 29.6 Å². The van der Waals surface area contributed by atoms with Gasteiger partial charge in [0.1, 0.15) is 17.1 Å². The second-order valence-corrected chi connectivity index (χ2v) is 11.2. The Morgan fingerprint density at radius 2 is 1.85 bits per heavy atom. The van der Waals surface area contributed by atoms with E-state index < -0.39 is 6.03 Å². The first kappa shape index (κ1) is 26.6. The number of urea groups is 1. The van der Waals surface area contributed by atoms with Gasteiger partial charge in [-0.2, -0.15) is 0 Å². The second kappa shape index (κ2) is 10.4. The standard InChI is InChI=1S/C30H31N5O6/c1-30(2,3)26-15-27(34-41-26)33-29(38)31-18-4-7-24-17(12-18)13-25(40-24)28(37)22-14-19-20(16-35-8-10-39-11-9-35)23(36)6-5-21(19)32-22/h4-7,12-15,32,36H,8-11,16H2,1-3H3,(H2,31,33,34,38). The van der Waals surface area contributed by atoms with Gasteiger partial charge < -0.3 is 29.1 Å². The molecule has 1 aliphatic rings. The van der Waals surface area contributed by atoms with Crippen LogP contribution in [-0.4, -0.2) is 58.3 Å². The number of carbonyl (C=O) groups excluding carboxylic acids is 2. The number of anilines is 2. The summed E-state index contributed by atoms with van der Waals surface area (Å²) in [5, 5.41) is 21.3. The molecule has 212 valence electrons. The zero-order valence-corrected chi connectivity index (χ0v) is 23.0. The number of aromatic hydroxyl groups is 1. The van der Waals surface area contributed by atoms with E-state index in [0.29, 0.717) is 53.7 Å². The first-order valence-electron chi connectivity index (χ1n) is 13.4. The summed E-state index contributed by atoms with van der Waals surface area (Å²) in [4.78, 5) is 31.3. The average molecular weight is 558 g/mol. The summed E-state index contributed by atoms with van der Waals surface area (Å²) in [7, 11) is 0. The molecule has 0 unspecified atom stereocenters. The van der Waals surface area contributed by atoms with Gasteiger partial charge in [0.2, 0.25) is 5.78 Å². The summed E-state index contributed by atoms with van der Waals surface area (Å²) in [6, 6.07) is 13.1. The number of H-pyrrole nitrogens is 1. The van der Waals surface area contributed by atoms with E-state index in [2.05, 4.69) is 25.7 Å². The van der Waals surface area contributed by atoms with Crippen LogP contribution in [0.1, 0.15) is 48.3 Å². The largest absolute Gasteiger partial charge is 0.508 e. The van der Waals surface area contributed by atoms with E-state index in [-0.39, 0.29) is 22.7 Å². The van der Waals surface area contributed by atoms with Crippen LogP contribution in [0.25, 0.3) is 21.9 Å². The quantitative estimate of drug-likeness (QED) is 0.197. The number of aromatic nitrogens is 2. The van der Waals surface area contributed by atoms with Crippen LogP contribution in [0.2, 0.25) is 0 Å². The van der Waals surface area contributed by atoms with Crippen LogP contribution in [0.4, 0.5) is 16.3 Å². The van der Waals surface area contributed by atoms with Crippen molar-refractivity contribution in [1.29, 1.82) is 0 Å². The maximum Gasteiger partial charge on any atom is 0.324 e. The summed E-state index contributed by atoms with van der Waals surface area (Å²) >= 11 is 0. The number of hydrogen-bond acceptors (Lipinski definition) is 8. The van der Waals surface area contributed by atoms with Crippen molar-refractivity contribution < 1.29 is 28.4 Å². The number of benzene rings is 2. The lowest BCUT2D eigenvalue weighted by Crippen LogP contribution is -2.35. The SMILES string of the molecule is CC(C)(C)c1cc(NC(=O)Nc2ccc3oc(C(=O)c4cc5c(CN6CCOCC6)c(O)ccc5[nH]4)cc3c2)no1. The number of amides is 2. The van der Waals surface area contributed by atoms with E-state index in [4.69, 9.17) is 13.7 Å². The number of ketones is 1. The number of nitrogens with one attached hydrogen (secondary N) is 3. The molecule has 2 amide bonds. The highest BCUT2D eigenvalue weighted by molar-refractivity contribution is 6.10. The van der Waals surface area contributed by atoms with Gasteiger partial charge in [-0.1, -0.05) is 25.9 Å². The van der Waals surface area contributed by atoms with Crippen LogP contribution in [0.15, 0.2) is 57.5 Å². The number of fused-ring (bicyclic) bond motifs is 2. The summed E-state index contributed by atoms with van der Waals surface area (Å²) < 4.78 is 16.6. The van der Waals surface area contributed by atoms with Crippen LogP contribution >= 0.6 is 0 Å². The Kier molecular flexibility index (Phi) is 6.76. The van der Waals surface area contributed by atoms with E-state index in [1.54, 1.807) is 48.5 Å². The minimum Gasteiger partial charge on any atom is -0.508 e. The van der Waals surface area contributed by atoms with Crippen LogP contribution in [0.5, 0.6) is 5.75 Å². The first-order valence-corrected chi connectivity index (χ1v) is 13.4. The van der Waals surface area contributed by atoms with Crippen molar-refractivity contribution in [2.75, 3.05) is 36.9 Å². The molecule has 0 radical (unpaired) electrons. The van der Waals surface area contributed by atoms with Crippen molar-refractivity contribution in [3.63, 3.8) is 0 Å². The normalized spacial score (nSPS) is 14.5. The highest BCUT2D eigenvalue weighted by Crippen LogP contribution is 2.31. The van der Waals surface area contributed by atoms with E-state index in [9.17, 15) is 14.7 Å². The molecular formula is C30H31N5O6. The predicted octanol–water partition coefficient (Wildman–Crippen LogP) is 5.61. The van der Waals surface area contributed by atoms with Gasteiger partial charge >= 0.3 is 6.03 Å². The maximum absolute atomic E-state index is 13.4. The number of hydrogen-bond donors (Lipinski definition) is 4. The van der Waals surface area contributed by atoms with Gasteiger partial charge in [-0.3, -0.25) is 15.0 Å². The number of furan rings is 1. The number of morpholine rings is 1. The van der Waals surface area contributed by atoms with Crippen LogP contribution in [0.3, 0.4) is 0 Å². The molecule has 0 spiro atoms. The molecular weight excluding hydrogens is 526 g/mol. The highest BCUT2D eigenvalue weighted by Gasteiger charge is 2.22. The topological polar surface area (TPSA) is 146 Å². The third-order valence-electron chi connectivity index (χ3n) is 7.11. The van der Waals surface area contributed by atoms with Crippen molar-refractivity contribution in [3.05, 3.63) is 71.3 Å². The molecule has 0 bridgehead atoms. The van der Waals surface area contributed by atoms with Gasteiger partial charge in [0.15, 0.2) is 11.6 Å². The molecule has 11 nitrogen and oxygen atoms in total. The lowest BCUT2D eigenvalue weighted by atomic mass is 9.93. The Labute approximate surface area is 235 Å². The molecule has 11 heteroatoms. The number of carbonyl (C=O) groups is 2. The molecule has 6 rings (SSSR count). The van der Waals surface area contributed by atoms with Crippen molar-refractivity contribution in [2.45, 2.75) is 32.7 Å². The fourth-order valence-corrected chi connectivity index (χ4v) is 4.86. The van der Waals surface area contributed by atoms with Gasteiger partial charge in [0.25, 0.3) is 0 Å². The molecule has 0 atom stereocenters. The summed E-state index contributed by atoms with van der Waals surface area (Å²) in [5.74, 6) is 0.994. The van der Waals surface area contributed by atoms with Crippen molar-refractivity contribution >= 4 is 45.2 Å². The predicted molar refractivity (Wildman–Crippen MR) is 154 cm³/mol. The third-order valence-corrected chi connectivity index (χ3v) is 7.11. The molecule has 3 aromatic heterocycles.